The predicted octanol–water partition coefficient (Wildman–Crippen LogP) is 4.68. The van der Waals surface area contributed by atoms with Crippen LogP contribution in [0.4, 0.5) is 0 Å². The van der Waals surface area contributed by atoms with Gasteiger partial charge in [0.1, 0.15) is 5.75 Å². The molecule has 1 N–H and O–H groups in total. The lowest BCUT2D eigenvalue weighted by Crippen LogP contribution is -2.01. The van der Waals surface area contributed by atoms with Crippen molar-refractivity contribution in [3.05, 3.63) is 58.1 Å². The van der Waals surface area contributed by atoms with Gasteiger partial charge in [0.25, 0.3) is 0 Å². The molecule has 0 bridgehead atoms. The summed E-state index contributed by atoms with van der Waals surface area (Å²) < 4.78 is 6.03. The lowest BCUT2D eigenvalue weighted by atomic mass is 10.0. The standard InChI is InChI=1S/C18H14BrNO3/c1-10-7-12(23-2)4-5-13(10)17-9-15(18(21)22)14-8-11(19)3-6-16(14)20-17/h3-9H,1-2H3,(H,21,22). The third-order valence-corrected chi connectivity index (χ3v) is 4.20. The van der Waals surface area contributed by atoms with Crippen LogP contribution in [0, 0.1) is 6.92 Å². The number of benzene rings is 2. The summed E-state index contributed by atoms with van der Waals surface area (Å²) in [5, 5.41) is 10.1. The number of hydrogen-bond donors (Lipinski definition) is 1. The number of carboxylic acids is 1. The van der Waals surface area contributed by atoms with Crippen molar-refractivity contribution in [2.24, 2.45) is 0 Å². The molecule has 0 spiro atoms. The Kier molecular flexibility index (Phi) is 4.05. The number of halogens is 1. The molecule has 0 aliphatic carbocycles. The lowest BCUT2D eigenvalue weighted by molar-refractivity contribution is 0.0699. The molecule has 0 atom stereocenters. The van der Waals surface area contributed by atoms with E-state index < -0.39 is 5.97 Å². The predicted molar refractivity (Wildman–Crippen MR) is 93.1 cm³/mol. The average Bonchev–Trinajstić information content (AvgIpc) is 2.53. The molecule has 1 aromatic heterocycles. The van der Waals surface area contributed by atoms with Crippen molar-refractivity contribution < 1.29 is 14.6 Å². The smallest absolute Gasteiger partial charge is 0.336 e. The summed E-state index contributed by atoms with van der Waals surface area (Å²) >= 11 is 3.37. The number of nitrogens with zero attached hydrogens (tertiary/aromatic N) is 1. The third kappa shape index (κ3) is 2.92. The van der Waals surface area contributed by atoms with Gasteiger partial charge in [0.2, 0.25) is 0 Å². The number of rotatable bonds is 3. The fraction of sp³-hybridized carbons (Fsp3) is 0.111. The molecule has 116 valence electrons. The molecule has 0 aliphatic heterocycles. The van der Waals surface area contributed by atoms with Crippen LogP contribution in [0.5, 0.6) is 5.75 Å². The van der Waals surface area contributed by atoms with Crippen LogP contribution < -0.4 is 4.74 Å². The molecule has 0 saturated carbocycles. The van der Waals surface area contributed by atoms with Crippen LogP contribution in [-0.2, 0) is 0 Å². The van der Waals surface area contributed by atoms with Crippen LogP contribution in [0.2, 0.25) is 0 Å². The van der Waals surface area contributed by atoms with E-state index in [1.54, 1.807) is 19.2 Å². The number of aromatic carboxylic acids is 1. The topological polar surface area (TPSA) is 59.4 Å². The molecular formula is C18H14BrNO3. The number of hydrogen-bond acceptors (Lipinski definition) is 3. The molecule has 0 saturated heterocycles. The molecule has 4 nitrogen and oxygen atoms in total. The van der Waals surface area contributed by atoms with Crippen molar-refractivity contribution >= 4 is 32.8 Å². The van der Waals surface area contributed by atoms with E-state index in [2.05, 4.69) is 20.9 Å². The van der Waals surface area contributed by atoms with Gasteiger partial charge in [0.15, 0.2) is 0 Å². The van der Waals surface area contributed by atoms with E-state index in [-0.39, 0.29) is 5.56 Å². The number of ether oxygens (including phenoxy) is 1. The number of fused-ring (bicyclic) bond motifs is 1. The lowest BCUT2D eigenvalue weighted by Gasteiger charge is -2.11. The van der Waals surface area contributed by atoms with Gasteiger partial charge in [0, 0.05) is 15.4 Å². The van der Waals surface area contributed by atoms with E-state index in [1.165, 1.54) is 0 Å². The molecule has 0 radical (unpaired) electrons. The Hall–Kier alpha value is -2.40. The van der Waals surface area contributed by atoms with Crippen LogP contribution in [0.25, 0.3) is 22.2 Å². The van der Waals surface area contributed by atoms with Gasteiger partial charge in [-0.1, -0.05) is 15.9 Å². The second kappa shape index (κ2) is 6.01. The molecule has 1 heterocycles. The van der Waals surface area contributed by atoms with Crippen molar-refractivity contribution in [3.63, 3.8) is 0 Å². The summed E-state index contributed by atoms with van der Waals surface area (Å²) in [7, 11) is 1.61. The molecular weight excluding hydrogens is 358 g/mol. The second-order valence-electron chi connectivity index (χ2n) is 5.20. The van der Waals surface area contributed by atoms with E-state index in [0.29, 0.717) is 16.6 Å². The van der Waals surface area contributed by atoms with Gasteiger partial charge in [-0.3, -0.25) is 0 Å². The van der Waals surface area contributed by atoms with Gasteiger partial charge in [0.05, 0.1) is 23.9 Å². The maximum atomic E-state index is 11.6. The third-order valence-electron chi connectivity index (χ3n) is 3.71. The first-order valence-electron chi connectivity index (χ1n) is 6.98. The first-order chi connectivity index (χ1) is 11.0. The molecule has 0 amide bonds. The van der Waals surface area contributed by atoms with Crippen LogP contribution >= 0.6 is 15.9 Å². The first kappa shape index (κ1) is 15.5. The van der Waals surface area contributed by atoms with Gasteiger partial charge in [-0.2, -0.15) is 0 Å². The summed E-state index contributed by atoms with van der Waals surface area (Å²) in [4.78, 5) is 16.3. The van der Waals surface area contributed by atoms with Crippen molar-refractivity contribution in [1.29, 1.82) is 0 Å². The van der Waals surface area contributed by atoms with Crippen LogP contribution in [0.3, 0.4) is 0 Å². The largest absolute Gasteiger partial charge is 0.497 e. The van der Waals surface area contributed by atoms with E-state index in [1.807, 2.05) is 37.3 Å². The average molecular weight is 372 g/mol. The van der Waals surface area contributed by atoms with Crippen molar-refractivity contribution in [3.8, 4) is 17.0 Å². The zero-order valence-electron chi connectivity index (χ0n) is 12.6. The Bertz CT molecular complexity index is 922. The number of carbonyl (C=O) groups is 1. The minimum atomic E-state index is -0.970. The molecule has 2 aromatic carbocycles. The Morgan fingerprint density at radius 1 is 1.17 bits per heavy atom. The highest BCUT2D eigenvalue weighted by molar-refractivity contribution is 9.10. The van der Waals surface area contributed by atoms with Crippen molar-refractivity contribution in [2.75, 3.05) is 7.11 Å². The van der Waals surface area contributed by atoms with Gasteiger partial charge in [-0.05, 0) is 55.0 Å². The van der Waals surface area contributed by atoms with E-state index in [9.17, 15) is 9.90 Å². The highest BCUT2D eigenvalue weighted by Crippen LogP contribution is 2.30. The number of pyridine rings is 1. The number of aryl methyl sites for hydroxylation is 1. The molecule has 0 aliphatic rings. The number of aromatic nitrogens is 1. The zero-order valence-corrected chi connectivity index (χ0v) is 14.2. The first-order valence-corrected chi connectivity index (χ1v) is 7.77. The SMILES string of the molecule is COc1ccc(-c2cc(C(=O)O)c3cc(Br)ccc3n2)c(C)c1. The summed E-state index contributed by atoms with van der Waals surface area (Å²) in [6.07, 6.45) is 0. The Balaban J connectivity index is 2.27. The fourth-order valence-electron chi connectivity index (χ4n) is 2.56. The monoisotopic (exact) mass is 371 g/mol. The molecule has 23 heavy (non-hydrogen) atoms. The highest BCUT2D eigenvalue weighted by Gasteiger charge is 2.14. The normalized spacial score (nSPS) is 10.7. The Labute approximate surface area is 141 Å². The Morgan fingerprint density at radius 2 is 1.96 bits per heavy atom. The summed E-state index contributed by atoms with van der Waals surface area (Å²) in [6, 6.07) is 12.7. The number of carboxylic acid groups (broad SMARTS) is 1. The van der Waals surface area contributed by atoms with Gasteiger partial charge in [-0.15, -0.1) is 0 Å². The van der Waals surface area contributed by atoms with Crippen LogP contribution in [0.1, 0.15) is 15.9 Å². The van der Waals surface area contributed by atoms with E-state index >= 15 is 0 Å². The summed E-state index contributed by atoms with van der Waals surface area (Å²) in [5.74, 6) is -0.211. The van der Waals surface area contributed by atoms with Gasteiger partial charge in [-0.25, -0.2) is 9.78 Å². The quantitative estimate of drug-likeness (QED) is 0.725. The van der Waals surface area contributed by atoms with Gasteiger partial charge < -0.3 is 9.84 Å². The van der Waals surface area contributed by atoms with E-state index in [4.69, 9.17) is 4.74 Å². The van der Waals surface area contributed by atoms with Crippen molar-refractivity contribution in [1.82, 2.24) is 4.98 Å². The maximum Gasteiger partial charge on any atom is 0.336 e. The fourth-order valence-corrected chi connectivity index (χ4v) is 2.92. The van der Waals surface area contributed by atoms with E-state index in [0.717, 1.165) is 21.3 Å². The zero-order chi connectivity index (χ0) is 16.6. The molecule has 0 unspecified atom stereocenters. The molecule has 5 heteroatoms. The maximum absolute atomic E-state index is 11.6. The Morgan fingerprint density at radius 3 is 2.61 bits per heavy atom. The number of methoxy groups -OCH3 is 1. The minimum Gasteiger partial charge on any atom is -0.497 e. The summed E-state index contributed by atoms with van der Waals surface area (Å²) in [5.41, 5.74) is 3.39. The van der Waals surface area contributed by atoms with Crippen LogP contribution in [-0.4, -0.2) is 23.2 Å². The molecule has 3 rings (SSSR count). The minimum absolute atomic E-state index is 0.238. The summed E-state index contributed by atoms with van der Waals surface area (Å²) in [6.45, 7) is 1.95. The molecule has 3 aromatic rings. The highest BCUT2D eigenvalue weighted by atomic mass is 79.9. The van der Waals surface area contributed by atoms with Crippen molar-refractivity contribution in [2.45, 2.75) is 6.92 Å². The second-order valence-corrected chi connectivity index (χ2v) is 6.12. The van der Waals surface area contributed by atoms with Crippen LogP contribution in [0.15, 0.2) is 46.9 Å². The molecule has 0 fully saturated rings. The van der Waals surface area contributed by atoms with Gasteiger partial charge >= 0.3 is 5.97 Å².